The van der Waals surface area contributed by atoms with Gasteiger partial charge in [0.15, 0.2) is 0 Å². The van der Waals surface area contributed by atoms with Gasteiger partial charge in [0.1, 0.15) is 0 Å². The minimum absolute atomic E-state index is 0. The zero-order chi connectivity index (χ0) is 2.71. The maximum atomic E-state index is 3.25. The molecule has 0 N–H and O–H groups in total. The second-order valence-electron chi connectivity index (χ2n) is 0.101. The molecule has 0 heterocycles. The molecule has 0 fully saturated rings. The largest absolute Gasteiger partial charge is 0 e. The number of halogens is 2. The van der Waals surface area contributed by atoms with Crippen molar-refractivity contribution in [2.75, 3.05) is 0 Å². The summed E-state index contributed by atoms with van der Waals surface area (Å²) in [7, 11) is 0. The molecular formula is Br2MnZn. The van der Waals surface area contributed by atoms with Gasteiger partial charge < -0.3 is 0 Å². The van der Waals surface area contributed by atoms with Gasteiger partial charge in [0.2, 0.25) is 0 Å². The Hall–Kier alpha value is 2.10. The molecule has 0 aromatic rings. The quantitative estimate of drug-likeness (QED) is 0.592. The van der Waals surface area contributed by atoms with Gasteiger partial charge in [0.25, 0.3) is 0 Å². The molecule has 0 aliphatic carbocycles. The van der Waals surface area contributed by atoms with Crippen LogP contribution in [-0.4, -0.2) is 0 Å². The van der Waals surface area contributed by atoms with Crippen LogP contribution in [0.15, 0.2) is 0 Å². The van der Waals surface area contributed by atoms with Crippen LogP contribution >= 0.6 is 27.2 Å². The van der Waals surface area contributed by atoms with Crippen molar-refractivity contribution in [3.63, 3.8) is 0 Å². The van der Waals surface area contributed by atoms with Crippen molar-refractivity contribution in [2.24, 2.45) is 0 Å². The standard InChI is InChI=1S/2BrH.Mn.Zn/h2*1H;;/q;;;+2/p-2. The van der Waals surface area contributed by atoms with E-state index in [0.29, 0.717) is 0 Å². The SMILES string of the molecule is [Br][Zn][Br].[Mn]. The molecule has 0 unspecified atom stereocenters. The van der Waals surface area contributed by atoms with Crippen LogP contribution in [0.25, 0.3) is 0 Å². The molecule has 0 aliphatic heterocycles. The Kier molecular flexibility index (Phi) is 21.1. The van der Waals surface area contributed by atoms with Gasteiger partial charge in [-0.15, -0.1) is 0 Å². The van der Waals surface area contributed by atoms with Crippen molar-refractivity contribution in [2.45, 2.75) is 0 Å². The van der Waals surface area contributed by atoms with E-state index in [1.165, 1.54) is 0 Å². The zero-order valence-corrected chi connectivity index (χ0v) is 9.16. The first-order valence-corrected chi connectivity index (χ1v) is 14.4. The van der Waals surface area contributed by atoms with Crippen molar-refractivity contribution in [1.29, 1.82) is 0 Å². The monoisotopic (exact) mass is 277 g/mol. The molecule has 0 aromatic heterocycles. The van der Waals surface area contributed by atoms with E-state index >= 15 is 0 Å². The molecule has 0 spiro atoms. The molecule has 0 saturated carbocycles. The second-order valence-corrected chi connectivity index (χ2v) is 14.2. The third-order valence-corrected chi connectivity index (χ3v) is 0. The van der Waals surface area contributed by atoms with Crippen LogP contribution in [0, 0.1) is 0 Å². The molecule has 4 heavy (non-hydrogen) atoms. The van der Waals surface area contributed by atoms with Crippen molar-refractivity contribution >= 4 is 27.2 Å². The van der Waals surface area contributed by atoms with Gasteiger partial charge in [0.05, 0.1) is 0 Å². The molecule has 0 saturated heterocycles. The first kappa shape index (κ1) is 9.44. The molecule has 0 aromatic carbocycles. The van der Waals surface area contributed by atoms with Gasteiger partial charge in [-0.1, -0.05) is 0 Å². The van der Waals surface area contributed by atoms with Crippen LogP contribution in [0.3, 0.4) is 0 Å². The fourth-order valence-electron chi connectivity index (χ4n) is 0. The normalized spacial score (nSPS) is 2.50. The first-order chi connectivity index (χ1) is 1.41. The van der Waals surface area contributed by atoms with Crippen molar-refractivity contribution in [1.82, 2.24) is 0 Å². The van der Waals surface area contributed by atoms with Gasteiger partial charge in [-0.3, -0.25) is 0 Å². The smallest absolute Gasteiger partial charge is 0 e. The van der Waals surface area contributed by atoms with Crippen LogP contribution in [-0.2, 0) is 30.3 Å². The van der Waals surface area contributed by atoms with Crippen LogP contribution in [0.2, 0.25) is 0 Å². The molecular weight excluding hydrogens is 280 g/mol. The molecule has 23 valence electrons. The summed E-state index contributed by atoms with van der Waals surface area (Å²) in [5.74, 6) is 0. The molecule has 0 nitrogen and oxygen atoms in total. The predicted molar refractivity (Wildman–Crippen MR) is 17.9 cm³/mol. The summed E-state index contributed by atoms with van der Waals surface area (Å²) in [5.41, 5.74) is 0. The Balaban J connectivity index is 0. The van der Waals surface area contributed by atoms with Gasteiger partial charge in [-0.25, -0.2) is 0 Å². The maximum Gasteiger partial charge on any atom is 0 e. The summed E-state index contributed by atoms with van der Waals surface area (Å²) in [6.07, 6.45) is 0. The topological polar surface area (TPSA) is 0 Å². The second kappa shape index (κ2) is 8.92. The summed E-state index contributed by atoms with van der Waals surface area (Å²) in [4.78, 5) is 0. The molecule has 0 amide bonds. The molecule has 4 heteroatoms. The summed E-state index contributed by atoms with van der Waals surface area (Å²) < 4.78 is 0. The Morgan fingerprint density at radius 1 is 1.25 bits per heavy atom. The molecule has 0 bridgehead atoms. The summed E-state index contributed by atoms with van der Waals surface area (Å²) in [6.45, 7) is 0. The Bertz CT molecular complexity index is 6.00. The van der Waals surface area contributed by atoms with E-state index in [-0.39, 0.29) is 30.3 Å². The van der Waals surface area contributed by atoms with E-state index in [2.05, 4.69) is 27.2 Å². The molecule has 0 rings (SSSR count). The fourth-order valence-corrected chi connectivity index (χ4v) is 0. The molecule has 0 atom stereocenters. The average molecular weight is 280 g/mol. The van der Waals surface area contributed by atoms with Crippen LogP contribution < -0.4 is 0 Å². The Morgan fingerprint density at radius 3 is 1.25 bits per heavy atom. The van der Waals surface area contributed by atoms with Crippen molar-refractivity contribution < 1.29 is 30.3 Å². The van der Waals surface area contributed by atoms with E-state index in [4.69, 9.17) is 0 Å². The predicted octanol–water partition coefficient (Wildman–Crippen LogP) is 1.69. The van der Waals surface area contributed by atoms with Crippen molar-refractivity contribution in [3.8, 4) is 0 Å². The van der Waals surface area contributed by atoms with Crippen LogP contribution in [0.1, 0.15) is 0 Å². The summed E-state index contributed by atoms with van der Waals surface area (Å²) in [5, 5.41) is 0. The minimum atomic E-state index is -0.250. The van der Waals surface area contributed by atoms with E-state index in [1.807, 2.05) is 0 Å². The van der Waals surface area contributed by atoms with E-state index in [0.717, 1.165) is 0 Å². The maximum absolute atomic E-state index is 3.25. The van der Waals surface area contributed by atoms with E-state index in [1.54, 1.807) is 0 Å². The number of hydrogen-bond donors (Lipinski definition) is 0. The number of hydrogen-bond acceptors (Lipinski definition) is 0. The van der Waals surface area contributed by atoms with E-state index < -0.39 is 0 Å². The third kappa shape index (κ3) is 8.93. The average Bonchev–Trinajstić information content (AvgIpc) is 0.918. The summed E-state index contributed by atoms with van der Waals surface area (Å²) >= 11 is 6.25. The van der Waals surface area contributed by atoms with Gasteiger partial charge in [-0.05, 0) is 0 Å². The minimum Gasteiger partial charge on any atom is 0 e. The van der Waals surface area contributed by atoms with Crippen molar-refractivity contribution in [3.05, 3.63) is 0 Å². The zero-order valence-electron chi connectivity index (χ0n) is 1.84. The van der Waals surface area contributed by atoms with Gasteiger partial charge in [-0.2, -0.15) is 0 Å². The Labute approximate surface area is 56.9 Å². The third-order valence-electron chi connectivity index (χ3n) is 0. The molecule has 1 radical (unpaired) electrons. The Morgan fingerprint density at radius 2 is 1.25 bits per heavy atom. The molecule has 0 aliphatic rings. The fraction of sp³-hybridized carbons (Fsp3) is 0. The van der Waals surface area contributed by atoms with Crippen LogP contribution in [0.4, 0.5) is 0 Å². The van der Waals surface area contributed by atoms with Crippen LogP contribution in [0.5, 0.6) is 0 Å². The first-order valence-electron chi connectivity index (χ1n) is 0.535. The van der Waals surface area contributed by atoms with Gasteiger partial charge in [0, 0.05) is 17.1 Å². The van der Waals surface area contributed by atoms with Gasteiger partial charge >= 0.3 is 40.5 Å². The number of rotatable bonds is 0. The summed E-state index contributed by atoms with van der Waals surface area (Å²) in [6, 6.07) is 0. The van der Waals surface area contributed by atoms with E-state index in [9.17, 15) is 0 Å².